The Morgan fingerprint density at radius 2 is 1.85 bits per heavy atom. The number of amides is 1. The number of rotatable bonds is 6. The molecule has 1 N–H and O–H groups in total. The van der Waals surface area contributed by atoms with Crippen molar-refractivity contribution in [2.45, 2.75) is 0 Å². The molecule has 0 fully saturated rings. The molecule has 0 unspecified atom stereocenters. The van der Waals surface area contributed by atoms with Crippen molar-refractivity contribution in [3.63, 3.8) is 0 Å². The second kappa shape index (κ2) is 8.76. The summed E-state index contributed by atoms with van der Waals surface area (Å²) in [6.45, 7) is -0.373. The van der Waals surface area contributed by atoms with Crippen molar-refractivity contribution in [2.75, 3.05) is 19.0 Å². The summed E-state index contributed by atoms with van der Waals surface area (Å²) in [4.78, 5) is 30.1. The summed E-state index contributed by atoms with van der Waals surface area (Å²) >= 11 is 1.32. The highest BCUT2D eigenvalue weighted by atomic mass is 32.1. The van der Waals surface area contributed by atoms with E-state index in [0.29, 0.717) is 27.4 Å². The van der Waals surface area contributed by atoms with Gasteiger partial charge in [-0.2, -0.15) is 0 Å². The van der Waals surface area contributed by atoms with Crippen LogP contribution >= 0.6 is 11.3 Å². The molecule has 5 rings (SSSR count). The fourth-order valence-corrected chi connectivity index (χ4v) is 4.32. The summed E-state index contributed by atoms with van der Waals surface area (Å²) in [7, 11) is 1.59. The van der Waals surface area contributed by atoms with Crippen LogP contribution in [-0.4, -0.2) is 24.6 Å². The third-order valence-corrected chi connectivity index (χ3v) is 5.92. The van der Waals surface area contributed by atoms with Crippen LogP contribution < -0.4 is 20.2 Å². The topological polar surface area (TPSA) is 90.7 Å². The molecule has 1 amide bonds. The minimum absolute atomic E-state index is 0.0101. The van der Waals surface area contributed by atoms with Gasteiger partial charge in [0.25, 0.3) is 5.91 Å². The molecule has 0 saturated carbocycles. The van der Waals surface area contributed by atoms with Crippen molar-refractivity contribution < 1.29 is 18.7 Å². The van der Waals surface area contributed by atoms with Gasteiger partial charge in [0.05, 0.1) is 22.7 Å². The maximum atomic E-state index is 13.1. The molecule has 0 aliphatic rings. The SMILES string of the molecule is COc1ccc2nc(NC(=O)COc3c(-c4ccccc4)oc4ccccc4c3=O)sc2c1. The zero-order valence-corrected chi connectivity index (χ0v) is 18.3. The molecule has 0 aliphatic heterocycles. The van der Waals surface area contributed by atoms with Crippen LogP contribution in [0.25, 0.3) is 32.5 Å². The highest BCUT2D eigenvalue weighted by molar-refractivity contribution is 7.22. The Balaban J connectivity index is 1.41. The van der Waals surface area contributed by atoms with Crippen molar-refractivity contribution in [3.8, 4) is 22.8 Å². The van der Waals surface area contributed by atoms with Crippen LogP contribution in [0.4, 0.5) is 5.13 Å². The smallest absolute Gasteiger partial charge is 0.264 e. The minimum atomic E-state index is -0.437. The van der Waals surface area contributed by atoms with E-state index >= 15 is 0 Å². The third-order valence-electron chi connectivity index (χ3n) is 4.98. The lowest BCUT2D eigenvalue weighted by Crippen LogP contribution is -2.22. The van der Waals surface area contributed by atoms with Gasteiger partial charge in [-0.25, -0.2) is 4.98 Å². The van der Waals surface area contributed by atoms with Gasteiger partial charge in [-0.1, -0.05) is 53.8 Å². The van der Waals surface area contributed by atoms with Gasteiger partial charge in [0.2, 0.25) is 11.2 Å². The number of carbonyl (C=O) groups excluding carboxylic acids is 1. The van der Waals surface area contributed by atoms with Gasteiger partial charge in [0.1, 0.15) is 11.3 Å². The van der Waals surface area contributed by atoms with E-state index in [2.05, 4.69) is 10.3 Å². The molecule has 2 aromatic heterocycles. The fraction of sp³-hybridized carbons (Fsp3) is 0.0800. The Labute approximate surface area is 192 Å². The van der Waals surface area contributed by atoms with Crippen molar-refractivity contribution in [1.82, 2.24) is 4.98 Å². The summed E-state index contributed by atoms with van der Waals surface area (Å²) < 4.78 is 17.8. The number of nitrogens with zero attached hydrogens (tertiary/aromatic N) is 1. The van der Waals surface area contributed by atoms with E-state index in [1.165, 1.54) is 11.3 Å². The maximum absolute atomic E-state index is 13.1. The first-order valence-electron chi connectivity index (χ1n) is 10.1. The summed E-state index contributed by atoms with van der Waals surface area (Å²) in [5.41, 5.74) is 1.54. The Hall–Kier alpha value is -4.17. The molecule has 8 heteroatoms. The average molecular weight is 458 g/mol. The molecular formula is C25H18N2O5S. The van der Waals surface area contributed by atoms with Gasteiger partial charge >= 0.3 is 0 Å². The zero-order chi connectivity index (χ0) is 22.8. The molecule has 0 saturated heterocycles. The van der Waals surface area contributed by atoms with Gasteiger partial charge in [-0.15, -0.1) is 0 Å². The first-order valence-corrected chi connectivity index (χ1v) is 10.9. The average Bonchev–Trinajstić information content (AvgIpc) is 3.25. The van der Waals surface area contributed by atoms with Crippen LogP contribution in [0.2, 0.25) is 0 Å². The number of ether oxygens (including phenoxy) is 2. The van der Waals surface area contributed by atoms with Crippen molar-refractivity contribution in [2.24, 2.45) is 0 Å². The van der Waals surface area contributed by atoms with E-state index < -0.39 is 5.91 Å². The van der Waals surface area contributed by atoms with Crippen LogP contribution in [0.3, 0.4) is 0 Å². The van der Waals surface area contributed by atoms with E-state index in [9.17, 15) is 9.59 Å². The zero-order valence-electron chi connectivity index (χ0n) is 17.5. The van der Waals surface area contributed by atoms with Crippen molar-refractivity contribution in [1.29, 1.82) is 0 Å². The summed E-state index contributed by atoms with van der Waals surface area (Å²) in [6, 6.07) is 21.6. The summed E-state index contributed by atoms with van der Waals surface area (Å²) in [5, 5.41) is 3.54. The van der Waals surface area contributed by atoms with Gasteiger partial charge in [0, 0.05) is 5.56 Å². The largest absolute Gasteiger partial charge is 0.497 e. The van der Waals surface area contributed by atoms with Gasteiger partial charge in [0.15, 0.2) is 17.5 Å². The van der Waals surface area contributed by atoms with Gasteiger partial charge in [-0.3, -0.25) is 14.9 Å². The number of hydrogen-bond acceptors (Lipinski definition) is 7. The molecule has 7 nitrogen and oxygen atoms in total. The van der Waals surface area contributed by atoms with Gasteiger partial charge < -0.3 is 13.9 Å². The second-order valence-electron chi connectivity index (χ2n) is 7.14. The molecule has 0 spiro atoms. The van der Waals surface area contributed by atoms with Crippen molar-refractivity contribution >= 4 is 43.6 Å². The molecule has 5 aromatic rings. The Kier molecular flexibility index (Phi) is 5.50. The van der Waals surface area contributed by atoms with Crippen LogP contribution in [-0.2, 0) is 4.79 Å². The van der Waals surface area contributed by atoms with Crippen LogP contribution in [0.1, 0.15) is 0 Å². The number of methoxy groups -OCH3 is 1. The molecular weight excluding hydrogens is 440 g/mol. The third kappa shape index (κ3) is 4.16. The highest BCUT2D eigenvalue weighted by Crippen LogP contribution is 2.31. The van der Waals surface area contributed by atoms with E-state index in [1.54, 1.807) is 37.4 Å². The molecule has 3 aromatic carbocycles. The van der Waals surface area contributed by atoms with Crippen LogP contribution in [0, 0.1) is 0 Å². The van der Waals surface area contributed by atoms with Crippen LogP contribution in [0.15, 0.2) is 82.0 Å². The maximum Gasteiger partial charge on any atom is 0.264 e. The number of benzene rings is 3. The second-order valence-corrected chi connectivity index (χ2v) is 8.17. The lowest BCUT2D eigenvalue weighted by Gasteiger charge is -2.11. The number of hydrogen-bond donors (Lipinski definition) is 1. The molecule has 0 bridgehead atoms. The molecule has 33 heavy (non-hydrogen) atoms. The predicted molar refractivity (Wildman–Crippen MR) is 128 cm³/mol. The predicted octanol–water partition coefficient (Wildman–Crippen LogP) is 5.10. The number of aromatic nitrogens is 1. The summed E-state index contributed by atoms with van der Waals surface area (Å²) in [5.74, 6) is 0.541. The summed E-state index contributed by atoms with van der Waals surface area (Å²) in [6.07, 6.45) is 0. The Morgan fingerprint density at radius 1 is 1.06 bits per heavy atom. The molecule has 164 valence electrons. The van der Waals surface area contributed by atoms with Crippen molar-refractivity contribution in [3.05, 3.63) is 83.0 Å². The van der Waals surface area contributed by atoms with Crippen LogP contribution in [0.5, 0.6) is 11.5 Å². The van der Waals surface area contributed by atoms with Gasteiger partial charge in [-0.05, 0) is 30.3 Å². The first-order chi connectivity index (χ1) is 16.1. The van der Waals surface area contributed by atoms with E-state index in [4.69, 9.17) is 13.9 Å². The highest BCUT2D eigenvalue weighted by Gasteiger charge is 2.19. The molecule has 0 aliphatic carbocycles. The Morgan fingerprint density at radius 3 is 2.67 bits per heavy atom. The number of nitrogens with one attached hydrogen (secondary N) is 1. The lowest BCUT2D eigenvalue weighted by molar-refractivity contribution is -0.118. The lowest BCUT2D eigenvalue weighted by atomic mass is 10.1. The molecule has 2 heterocycles. The fourth-order valence-electron chi connectivity index (χ4n) is 3.41. The Bertz CT molecular complexity index is 1520. The van der Waals surface area contributed by atoms with E-state index in [0.717, 1.165) is 10.2 Å². The number of fused-ring (bicyclic) bond motifs is 2. The van der Waals surface area contributed by atoms with E-state index in [1.807, 2.05) is 42.5 Å². The first kappa shape index (κ1) is 20.7. The number of para-hydroxylation sites is 1. The standard InChI is InChI=1S/C25H18N2O5S/c1-30-16-11-12-18-20(13-16)33-25(26-18)27-21(28)14-31-24-22(29)17-9-5-6-10-19(17)32-23(24)15-7-3-2-4-8-15/h2-13H,14H2,1H3,(H,26,27,28). The normalized spacial score (nSPS) is 10.9. The number of anilines is 1. The minimum Gasteiger partial charge on any atom is -0.497 e. The molecule has 0 radical (unpaired) electrons. The monoisotopic (exact) mass is 458 g/mol. The quantitative estimate of drug-likeness (QED) is 0.381. The molecule has 0 atom stereocenters. The van der Waals surface area contributed by atoms with E-state index in [-0.39, 0.29) is 23.5 Å². The number of thiazole rings is 1. The number of carbonyl (C=O) groups is 1.